The van der Waals surface area contributed by atoms with Crippen molar-refractivity contribution in [2.24, 2.45) is 0 Å². The minimum atomic E-state index is -0.537. The first-order valence-corrected chi connectivity index (χ1v) is 6.89. The van der Waals surface area contributed by atoms with E-state index in [2.05, 4.69) is 5.32 Å². The van der Waals surface area contributed by atoms with E-state index < -0.39 is 4.92 Å². The molecule has 0 amide bonds. The Bertz CT molecular complexity index is 651. The number of nitrogens with one attached hydrogen (secondary N) is 1. The molecule has 0 saturated carbocycles. The molecule has 7 heteroatoms. The molecule has 0 bridgehead atoms. The number of hydrogen-bond donors (Lipinski definition) is 2. The van der Waals surface area contributed by atoms with E-state index in [1.807, 2.05) is 19.1 Å². The molecule has 1 unspecified atom stereocenters. The lowest BCUT2D eigenvalue weighted by Crippen LogP contribution is -2.08. The highest BCUT2D eigenvalue weighted by atomic mass is 35.5. The molecule has 0 aromatic heterocycles. The fourth-order valence-corrected chi connectivity index (χ4v) is 2.47. The van der Waals surface area contributed by atoms with Crippen molar-refractivity contribution in [2.75, 3.05) is 11.1 Å². The molecular weight excluding hydrogens is 313 g/mol. The van der Waals surface area contributed by atoms with Gasteiger partial charge in [-0.1, -0.05) is 35.3 Å². The number of nitrogens with zero attached hydrogens (tertiary/aromatic N) is 1. The first-order chi connectivity index (χ1) is 9.88. The Labute approximate surface area is 131 Å². The van der Waals surface area contributed by atoms with Crippen molar-refractivity contribution in [1.29, 1.82) is 0 Å². The summed E-state index contributed by atoms with van der Waals surface area (Å²) in [6.07, 6.45) is 0. The first kappa shape index (κ1) is 15.4. The standard InChI is InChI=1S/C14H13Cl2N3O2/c1-8(9-2-4-10(17)5-3-9)18-14-12(15)6-11(19(20)21)7-13(14)16/h2-8,18H,17H2,1H3. The fourth-order valence-electron chi connectivity index (χ4n) is 1.89. The topological polar surface area (TPSA) is 81.2 Å². The van der Waals surface area contributed by atoms with Crippen LogP contribution in [0.15, 0.2) is 36.4 Å². The van der Waals surface area contributed by atoms with Crippen LogP contribution in [0.2, 0.25) is 10.0 Å². The SMILES string of the molecule is CC(Nc1c(Cl)cc([N+](=O)[O-])cc1Cl)c1ccc(N)cc1. The summed E-state index contributed by atoms with van der Waals surface area (Å²) in [5, 5.41) is 14.3. The Morgan fingerprint density at radius 1 is 1.19 bits per heavy atom. The van der Waals surface area contributed by atoms with Crippen molar-refractivity contribution in [1.82, 2.24) is 0 Å². The molecule has 2 aromatic carbocycles. The van der Waals surface area contributed by atoms with Crippen LogP contribution in [0.4, 0.5) is 17.1 Å². The number of nitrogens with two attached hydrogens (primary N) is 1. The van der Waals surface area contributed by atoms with Crippen molar-refractivity contribution in [3.63, 3.8) is 0 Å². The van der Waals surface area contributed by atoms with Crippen LogP contribution in [0.1, 0.15) is 18.5 Å². The highest BCUT2D eigenvalue weighted by Crippen LogP contribution is 2.36. The molecule has 5 nitrogen and oxygen atoms in total. The zero-order valence-corrected chi connectivity index (χ0v) is 12.7. The molecule has 0 aliphatic carbocycles. The largest absolute Gasteiger partial charge is 0.399 e. The minimum Gasteiger partial charge on any atom is -0.399 e. The number of nitro groups is 1. The number of halogens is 2. The normalized spacial score (nSPS) is 12.0. The predicted octanol–water partition coefficient (Wildman–Crippen LogP) is 4.66. The van der Waals surface area contributed by atoms with Gasteiger partial charge in [-0.15, -0.1) is 0 Å². The van der Waals surface area contributed by atoms with Gasteiger partial charge in [-0.25, -0.2) is 0 Å². The fraction of sp³-hybridized carbons (Fsp3) is 0.143. The van der Waals surface area contributed by atoms with Gasteiger partial charge in [0.05, 0.1) is 20.7 Å². The van der Waals surface area contributed by atoms with E-state index in [-0.39, 0.29) is 21.8 Å². The number of nitro benzene ring substituents is 1. The van der Waals surface area contributed by atoms with Crippen molar-refractivity contribution >= 4 is 40.3 Å². The summed E-state index contributed by atoms with van der Waals surface area (Å²) in [6, 6.07) is 9.83. The highest BCUT2D eigenvalue weighted by Gasteiger charge is 2.16. The van der Waals surface area contributed by atoms with Crippen LogP contribution >= 0.6 is 23.2 Å². The maximum Gasteiger partial charge on any atom is 0.272 e. The second-order valence-corrected chi connectivity index (χ2v) is 5.39. The summed E-state index contributed by atoms with van der Waals surface area (Å²) in [5.74, 6) is 0. The van der Waals surface area contributed by atoms with E-state index in [1.54, 1.807) is 12.1 Å². The van der Waals surface area contributed by atoms with Crippen LogP contribution in [-0.4, -0.2) is 4.92 Å². The lowest BCUT2D eigenvalue weighted by Gasteiger charge is -2.18. The van der Waals surface area contributed by atoms with E-state index >= 15 is 0 Å². The number of nitrogen functional groups attached to an aromatic ring is 1. The van der Waals surface area contributed by atoms with E-state index in [0.717, 1.165) is 5.56 Å². The number of non-ortho nitro benzene ring substituents is 1. The Balaban J connectivity index is 2.27. The molecule has 0 heterocycles. The van der Waals surface area contributed by atoms with Crippen LogP contribution in [0.5, 0.6) is 0 Å². The van der Waals surface area contributed by atoms with E-state index in [4.69, 9.17) is 28.9 Å². The van der Waals surface area contributed by atoms with Gasteiger partial charge in [-0.2, -0.15) is 0 Å². The van der Waals surface area contributed by atoms with Gasteiger partial charge in [0.15, 0.2) is 0 Å². The van der Waals surface area contributed by atoms with E-state index in [9.17, 15) is 10.1 Å². The van der Waals surface area contributed by atoms with Crippen LogP contribution < -0.4 is 11.1 Å². The summed E-state index contributed by atoms with van der Waals surface area (Å²) < 4.78 is 0. The molecule has 1 atom stereocenters. The van der Waals surface area contributed by atoms with Gasteiger partial charge in [0.2, 0.25) is 0 Å². The average molecular weight is 326 g/mol. The van der Waals surface area contributed by atoms with Crippen molar-refractivity contribution < 1.29 is 4.92 Å². The third-order valence-electron chi connectivity index (χ3n) is 3.03. The monoisotopic (exact) mass is 325 g/mol. The van der Waals surface area contributed by atoms with Gasteiger partial charge in [0.25, 0.3) is 5.69 Å². The van der Waals surface area contributed by atoms with Crippen molar-refractivity contribution in [3.05, 3.63) is 62.1 Å². The molecule has 0 fully saturated rings. The minimum absolute atomic E-state index is 0.0814. The van der Waals surface area contributed by atoms with Gasteiger partial charge in [0.1, 0.15) is 0 Å². The van der Waals surface area contributed by atoms with Gasteiger partial charge in [-0.05, 0) is 24.6 Å². The second-order valence-electron chi connectivity index (χ2n) is 4.57. The number of hydrogen-bond acceptors (Lipinski definition) is 4. The van der Waals surface area contributed by atoms with Crippen LogP contribution in [-0.2, 0) is 0 Å². The first-order valence-electron chi connectivity index (χ1n) is 6.14. The van der Waals surface area contributed by atoms with E-state index in [0.29, 0.717) is 11.4 Å². The Kier molecular flexibility index (Phi) is 4.55. The molecule has 110 valence electrons. The average Bonchev–Trinajstić information content (AvgIpc) is 2.43. The molecule has 2 rings (SSSR count). The summed E-state index contributed by atoms with van der Waals surface area (Å²) in [5.41, 5.74) is 7.64. The number of rotatable bonds is 4. The Hall–Kier alpha value is -1.98. The molecular formula is C14H13Cl2N3O2. The third-order valence-corrected chi connectivity index (χ3v) is 3.63. The van der Waals surface area contributed by atoms with Gasteiger partial charge < -0.3 is 11.1 Å². The summed E-state index contributed by atoms with van der Waals surface area (Å²) in [6.45, 7) is 1.93. The molecule has 0 radical (unpaired) electrons. The third kappa shape index (κ3) is 3.56. The zero-order chi connectivity index (χ0) is 15.6. The van der Waals surface area contributed by atoms with Crippen molar-refractivity contribution in [3.8, 4) is 0 Å². The highest BCUT2D eigenvalue weighted by molar-refractivity contribution is 6.39. The molecule has 0 spiro atoms. The Morgan fingerprint density at radius 3 is 2.19 bits per heavy atom. The van der Waals surface area contributed by atoms with Crippen LogP contribution in [0.25, 0.3) is 0 Å². The maximum absolute atomic E-state index is 10.7. The molecule has 0 aliphatic rings. The summed E-state index contributed by atoms with van der Waals surface area (Å²) in [4.78, 5) is 10.2. The summed E-state index contributed by atoms with van der Waals surface area (Å²) in [7, 11) is 0. The predicted molar refractivity (Wildman–Crippen MR) is 86.0 cm³/mol. The van der Waals surface area contributed by atoms with Gasteiger partial charge in [-0.3, -0.25) is 10.1 Å². The maximum atomic E-state index is 10.7. The molecule has 0 aliphatic heterocycles. The second kappa shape index (κ2) is 6.20. The zero-order valence-electron chi connectivity index (χ0n) is 11.1. The smallest absolute Gasteiger partial charge is 0.272 e. The molecule has 0 saturated heterocycles. The number of anilines is 2. The molecule has 21 heavy (non-hydrogen) atoms. The Morgan fingerprint density at radius 2 is 1.71 bits per heavy atom. The van der Waals surface area contributed by atoms with E-state index in [1.165, 1.54) is 12.1 Å². The van der Waals surface area contributed by atoms with Crippen LogP contribution in [0.3, 0.4) is 0 Å². The van der Waals surface area contributed by atoms with Crippen molar-refractivity contribution in [2.45, 2.75) is 13.0 Å². The lowest BCUT2D eigenvalue weighted by atomic mass is 10.1. The van der Waals surface area contributed by atoms with Gasteiger partial charge in [0, 0.05) is 23.9 Å². The summed E-state index contributed by atoms with van der Waals surface area (Å²) >= 11 is 12.1. The molecule has 2 aromatic rings. The van der Waals surface area contributed by atoms with Crippen LogP contribution in [0, 0.1) is 10.1 Å². The quantitative estimate of drug-likeness (QED) is 0.486. The van der Waals surface area contributed by atoms with Gasteiger partial charge >= 0.3 is 0 Å². The lowest BCUT2D eigenvalue weighted by molar-refractivity contribution is -0.384. The molecule has 3 N–H and O–H groups in total. The number of benzene rings is 2.